The highest BCUT2D eigenvalue weighted by Gasteiger charge is 2.33. The molecule has 1 saturated heterocycles. The topological polar surface area (TPSA) is 86.7 Å². The van der Waals surface area contributed by atoms with Crippen LogP contribution in [0.25, 0.3) is 0 Å². The van der Waals surface area contributed by atoms with E-state index in [0.29, 0.717) is 30.0 Å². The van der Waals surface area contributed by atoms with Gasteiger partial charge >= 0.3 is 5.97 Å². The van der Waals surface area contributed by atoms with Crippen LogP contribution in [0.1, 0.15) is 23.2 Å². The number of likely N-dealkylation sites (tertiary alicyclic amines) is 1. The minimum absolute atomic E-state index is 0.227. The maximum absolute atomic E-state index is 12.0. The van der Waals surface area contributed by atoms with Crippen molar-refractivity contribution < 1.29 is 19.5 Å². The van der Waals surface area contributed by atoms with Crippen LogP contribution in [0.2, 0.25) is 5.02 Å². The molecule has 0 unspecified atom stereocenters. The van der Waals surface area contributed by atoms with E-state index in [-0.39, 0.29) is 6.54 Å². The summed E-state index contributed by atoms with van der Waals surface area (Å²) < 4.78 is 0. The number of benzene rings is 1. The summed E-state index contributed by atoms with van der Waals surface area (Å²) in [5, 5.41) is 11.9. The highest BCUT2D eigenvalue weighted by atomic mass is 35.5. The van der Waals surface area contributed by atoms with Gasteiger partial charge < -0.3 is 15.3 Å². The molecule has 112 valence electrons. The van der Waals surface area contributed by atoms with E-state index in [4.69, 9.17) is 16.7 Å². The van der Waals surface area contributed by atoms with Crippen LogP contribution in [0.15, 0.2) is 24.3 Å². The molecular formula is C14H15ClN2O4. The molecule has 7 heteroatoms. The van der Waals surface area contributed by atoms with Gasteiger partial charge in [0, 0.05) is 17.1 Å². The lowest BCUT2D eigenvalue weighted by Gasteiger charge is -2.21. The van der Waals surface area contributed by atoms with Crippen molar-refractivity contribution in [3.63, 3.8) is 0 Å². The molecule has 1 aromatic rings. The summed E-state index contributed by atoms with van der Waals surface area (Å²) in [6, 6.07) is 5.57. The predicted octanol–water partition coefficient (Wildman–Crippen LogP) is 1.15. The highest BCUT2D eigenvalue weighted by molar-refractivity contribution is 6.30. The van der Waals surface area contributed by atoms with Gasteiger partial charge in [-0.05, 0) is 31.0 Å². The second kappa shape index (κ2) is 6.58. The fourth-order valence-corrected chi connectivity index (χ4v) is 2.50. The second-order valence-corrected chi connectivity index (χ2v) is 5.21. The molecule has 1 aliphatic heterocycles. The molecule has 1 aliphatic rings. The van der Waals surface area contributed by atoms with Crippen LogP contribution in [0.4, 0.5) is 0 Å². The number of carbonyl (C=O) groups excluding carboxylic acids is 2. The maximum atomic E-state index is 12.0. The van der Waals surface area contributed by atoms with Crippen molar-refractivity contribution in [2.45, 2.75) is 18.9 Å². The molecule has 1 heterocycles. The summed E-state index contributed by atoms with van der Waals surface area (Å²) in [7, 11) is 0. The Kier molecular flexibility index (Phi) is 4.80. The molecule has 0 aromatic heterocycles. The van der Waals surface area contributed by atoms with Gasteiger partial charge in [-0.15, -0.1) is 0 Å². The van der Waals surface area contributed by atoms with E-state index in [1.165, 1.54) is 11.0 Å². The van der Waals surface area contributed by atoms with Crippen molar-refractivity contribution in [2.24, 2.45) is 0 Å². The van der Waals surface area contributed by atoms with Gasteiger partial charge in [0.15, 0.2) is 0 Å². The average molecular weight is 311 g/mol. The minimum Gasteiger partial charge on any atom is -0.480 e. The summed E-state index contributed by atoms with van der Waals surface area (Å²) in [5.74, 6) is -1.82. The molecule has 6 nitrogen and oxygen atoms in total. The molecular weight excluding hydrogens is 296 g/mol. The second-order valence-electron chi connectivity index (χ2n) is 4.78. The smallest absolute Gasteiger partial charge is 0.326 e. The van der Waals surface area contributed by atoms with Crippen molar-refractivity contribution >= 4 is 29.4 Å². The first kappa shape index (κ1) is 15.3. The molecule has 21 heavy (non-hydrogen) atoms. The van der Waals surface area contributed by atoms with Gasteiger partial charge in [0.25, 0.3) is 5.91 Å². The third-order valence-corrected chi connectivity index (χ3v) is 3.58. The lowest BCUT2D eigenvalue weighted by Crippen LogP contribution is -2.45. The summed E-state index contributed by atoms with van der Waals surface area (Å²) in [5.41, 5.74) is 0.353. The van der Waals surface area contributed by atoms with Crippen LogP contribution >= 0.6 is 11.6 Å². The van der Waals surface area contributed by atoms with Gasteiger partial charge in [-0.3, -0.25) is 9.59 Å². The Morgan fingerprint density at radius 3 is 2.81 bits per heavy atom. The zero-order valence-corrected chi connectivity index (χ0v) is 12.0. The van der Waals surface area contributed by atoms with Crippen molar-refractivity contribution in [2.75, 3.05) is 13.1 Å². The summed E-state index contributed by atoms with van der Waals surface area (Å²) >= 11 is 5.79. The number of aliphatic carboxylic acids is 1. The number of hydrogen-bond acceptors (Lipinski definition) is 3. The Bertz CT molecular complexity index is 576. The number of carbonyl (C=O) groups is 3. The van der Waals surface area contributed by atoms with Crippen molar-refractivity contribution in [1.82, 2.24) is 10.2 Å². The van der Waals surface area contributed by atoms with Crippen LogP contribution < -0.4 is 5.32 Å². The Morgan fingerprint density at radius 1 is 1.38 bits per heavy atom. The molecule has 1 fully saturated rings. The van der Waals surface area contributed by atoms with E-state index in [1.54, 1.807) is 18.2 Å². The third-order valence-electron chi connectivity index (χ3n) is 3.35. The number of amides is 2. The summed E-state index contributed by atoms with van der Waals surface area (Å²) in [6.07, 6.45) is 1.11. The van der Waals surface area contributed by atoms with E-state index in [9.17, 15) is 14.4 Å². The normalized spacial score (nSPS) is 17.6. The Labute approximate surface area is 126 Å². The van der Waals surface area contributed by atoms with Crippen molar-refractivity contribution in [3.8, 4) is 0 Å². The summed E-state index contributed by atoms with van der Waals surface area (Å²) in [4.78, 5) is 36.2. The van der Waals surface area contributed by atoms with E-state index in [2.05, 4.69) is 5.32 Å². The molecule has 0 saturated carbocycles. The number of carboxylic acids is 1. The SMILES string of the molecule is O=C(NCC(=O)N1CCC[C@@H]1C(=O)O)c1cccc(Cl)c1. The van der Waals surface area contributed by atoms with Gasteiger partial charge in [-0.2, -0.15) is 0 Å². The first-order valence-electron chi connectivity index (χ1n) is 6.55. The van der Waals surface area contributed by atoms with E-state index < -0.39 is 23.8 Å². The molecule has 2 amide bonds. The Morgan fingerprint density at radius 2 is 2.14 bits per heavy atom. The number of nitrogens with one attached hydrogen (secondary N) is 1. The monoisotopic (exact) mass is 310 g/mol. The molecule has 2 N–H and O–H groups in total. The zero-order chi connectivity index (χ0) is 15.4. The first-order valence-corrected chi connectivity index (χ1v) is 6.93. The fourth-order valence-electron chi connectivity index (χ4n) is 2.31. The van der Waals surface area contributed by atoms with Gasteiger partial charge in [0.2, 0.25) is 5.91 Å². The fraction of sp³-hybridized carbons (Fsp3) is 0.357. The van der Waals surface area contributed by atoms with E-state index >= 15 is 0 Å². The van der Waals surface area contributed by atoms with Crippen LogP contribution in [0.3, 0.4) is 0 Å². The highest BCUT2D eigenvalue weighted by Crippen LogP contribution is 2.17. The molecule has 0 bridgehead atoms. The molecule has 2 rings (SSSR count). The lowest BCUT2D eigenvalue weighted by molar-refractivity contribution is -0.147. The van der Waals surface area contributed by atoms with Crippen LogP contribution in [-0.4, -0.2) is 46.9 Å². The molecule has 0 radical (unpaired) electrons. The summed E-state index contributed by atoms with van der Waals surface area (Å²) in [6.45, 7) is 0.179. The molecule has 1 aromatic carbocycles. The number of rotatable bonds is 4. The van der Waals surface area contributed by atoms with E-state index in [0.717, 1.165) is 0 Å². The van der Waals surface area contributed by atoms with Crippen LogP contribution in [0.5, 0.6) is 0 Å². The zero-order valence-electron chi connectivity index (χ0n) is 11.2. The number of nitrogens with zero attached hydrogens (tertiary/aromatic N) is 1. The van der Waals surface area contributed by atoms with Gasteiger partial charge in [-0.25, -0.2) is 4.79 Å². The molecule has 0 aliphatic carbocycles. The standard InChI is InChI=1S/C14H15ClN2O4/c15-10-4-1-3-9(7-10)13(19)16-8-12(18)17-6-2-5-11(17)14(20)21/h1,3-4,7,11H,2,5-6,8H2,(H,16,19)(H,20,21)/t11-/m1/s1. The number of carboxylic acid groups (broad SMARTS) is 1. The first-order chi connectivity index (χ1) is 9.99. The van der Waals surface area contributed by atoms with Crippen molar-refractivity contribution in [3.05, 3.63) is 34.9 Å². The largest absolute Gasteiger partial charge is 0.480 e. The number of hydrogen-bond donors (Lipinski definition) is 2. The maximum Gasteiger partial charge on any atom is 0.326 e. The van der Waals surface area contributed by atoms with Crippen LogP contribution in [-0.2, 0) is 9.59 Å². The predicted molar refractivity (Wildman–Crippen MR) is 76.2 cm³/mol. The minimum atomic E-state index is -1.01. The molecule has 1 atom stereocenters. The number of halogens is 1. The third kappa shape index (κ3) is 3.72. The Hall–Kier alpha value is -2.08. The van der Waals surface area contributed by atoms with E-state index in [1.807, 2.05) is 0 Å². The van der Waals surface area contributed by atoms with Gasteiger partial charge in [0.1, 0.15) is 6.04 Å². The Balaban J connectivity index is 1.92. The van der Waals surface area contributed by atoms with Crippen molar-refractivity contribution in [1.29, 1.82) is 0 Å². The lowest BCUT2D eigenvalue weighted by atomic mass is 10.2. The molecule has 0 spiro atoms. The van der Waals surface area contributed by atoms with Gasteiger partial charge in [-0.1, -0.05) is 17.7 Å². The quantitative estimate of drug-likeness (QED) is 0.873. The van der Waals surface area contributed by atoms with Crippen LogP contribution in [0, 0.1) is 0 Å². The average Bonchev–Trinajstić information content (AvgIpc) is 2.94. The van der Waals surface area contributed by atoms with Gasteiger partial charge in [0.05, 0.1) is 6.54 Å².